The molecule has 0 unspecified atom stereocenters. The van der Waals surface area contributed by atoms with Gasteiger partial charge in [-0.25, -0.2) is 4.79 Å². The van der Waals surface area contributed by atoms with E-state index in [1.807, 2.05) is 49.4 Å². The van der Waals surface area contributed by atoms with Crippen LogP contribution in [0, 0.1) is 6.92 Å². The molecule has 1 N–H and O–H groups in total. The van der Waals surface area contributed by atoms with E-state index in [4.69, 9.17) is 9.47 Å². The van der Waals surface area contributed by atoms with Gasteiger partial charge in [-0.2, -0.15) is 0 Å². The summed E-state index contributed by atoms with van der Waals surface area (Å²) in [4.78, 5) is 16.1. The fourth-order valence-electron chi connectivity index (χ4n) is 2.51. The topological polar surface area (TPSA) is 59.9 Å². The summed E-state index contributed by atoms with van der Waals surface area (Å²) >= 11 is 0. The first-order valence-electron chi connectivity index (χ1n) is 7.94. The van der Waals surface area contributed by atoms with Crippen LogP contribution in [0.4, 0.5) is 0 Å². The lowest BCUT2D eigenvalue weighted by Crippen LogP contribution is -2.28. The zero-order chi connectivity index (χ0) is 16.8. The van der Waals surface area contributed by atoms with E-state index in [2.05, 4.69) is 16.4 Å². The summed E-state index contributed by atoms with van der Waals surface area (Å²) in [6.07, 6.45) is 0. The van der Waals surface area contributed by atoms with Crippen LogP contribution in [0.2, 0.25) is 0 Å². The second-order valence-corrected chi connectivity index (χ2v) is 5.57. The zero-order valence-electron chi connectivity index (χ0n) is 13.6. The van der Waals surface area contributed by atoms with Crippen molar-refractivity contribution in [2.45, 2.75) is 13.5 Å². The molecule has 0 atom stereocenters. The second kappa shape index (κ2) is 7.64. The van der Waals surface area contributed by atoms with Crippen molar-refractivity contribution in [1.82, 2.24) is 5.32 Å². The van der Waals surface area contributed by atoms with Crippen LogP contribution in [0.1, 0.15) is 16.7 Å². The summed E-state index contributed by atoms with van der Waals surface area (Å²) in [5.41, 5.74) is 3.41. The lowest BCUT2D eigenvalue weighted by atomic mass is 10.1. The van der Waals surface area contributed by atoms with E-state index in [-0.39, 0.29) is 19.2 Å². The molecule has 0 saturated carbocycles. The number of hydrogen-bond donors (Lipinski definition) is 1. The number of aryl methyl sites for hydroxylation is 1. The number of fused-ring (bicyclic) bond motifs is 1. The van der Waals surface area contributed by atoms with Gasteiger partial charge in [0.05, 0.1) is 13.1 Å². The molecule has 0 aliphatic carbocycles. The Balaban J connectivity index is 1.36. The largest absolute Gasteiger partial charge is 0.482 e. The molecule has 0 bridgehead atoms. The van der Waals surface area contributed by atoms with Gasteiger partial charge in [0.15, 0.2) is 6.61 Å². The minimum atomic E-state index is -0.382. The van der Waals surface area contributed by atoms with Gasteiger partial charge in [0.1, 0.15) is 18.2 Å². The van der Waals surface area contributed by atoms with Crippen LogP contribution in [-0.2, 0) is 16.1 Å². The van der Waals surface area contributed by atoms with Crippen LogP contribution >= 0.6 is 0 Å². The summed E-state index contributed by atoms with van der Waals surface area (Å²) in [5.74, 6) is 1.15. The number of carbonyl (C=O) groups excluding carboxylic acids is 1. The first-order chi connectivity index (χ1) is 11.7. The van der Waals surface area contributed by atoms with E-state index < -0.39 is 0 Å². The highest BCUT2D eigenvalue weighted by molar-refractivity contribution is 6.01. The van der Waals surface area contributed by atoms with Crippen molar-refractivity contribution in [2.75, 3.05) is 19.8 Å². The van der Waals surface area contributed by atoms with E-state index in [1.54, 1.807) is 0 Å². The number of hydrogen-bond acceptors (Lipinski definition) is 5. The maximum atomic E-state index is 11.7. The fraction of sp³-hybridized carbons (Fsp3) is 0.263. The second-order valence-electron chi connectivity index (χ2n) is 5.57. The summed E-state index contributed by atoms with van der Waals surface area (Å²) < 4.78 is 10.6. The van der Waals surface area contributed by atoms with Crippen molar-refractivity contribution in [3.05, 3.63) is 65.2 Å². The van der Waals surface area contributed by atoms with Crippen LogP contribution < -0.4 is 10.1 Å². The van der Waals surface area contributed by atoms with Gasteiger partial charge in [0.2, 0.25) is 0 Å². The number of aliphatic imine (C=N–C) groups is 1. The molecule has 5 heteroatoms. The van der Waals surface area contributed by atoms with E-state index in [9.17, 15) is 4.79 Å². The monoisotopic (exact) mass is 324 g/mol. The summed E-state index contributed by atoms with van der Waals surface area (Å²) in [7, 11) is 0. The number of nitrogens with one attached hydrogen (secondary N) is 1. The van der Waals surface area contributed by atoms with Gasteiger partial charge in [-0.05, 0) is 30.2 Å². The van der Waals surface area contributed by atoms with Gasteiger partial charge in [-0.3, -0.25) is 4.99 Å². The molecule has 0 saturated heterocycles. The Morgan fingerprint density at radius 3 is 2.96 bits per heavy atom. The predicted octanol–water partition coefficient (Wildman–Crippen LogP) is 2.47. The van der Waals surface area contributed by atoms with Crippen molar-refractivity contribution in [3.63, 3.8) is 0 Å². The number of ether oxygens (including phenoxy) is 2. The molecule has 2 aromatic rings. The molecule has 0 aromatic heterocycles. The van der Waals surface area contributed by atoms with Crippen molar-refractivity contribution >= 4 is 11.8 Å². The third-order valence-electron chi connectivity index (χ3n) is 3.68. The van der Waals surface area contributed by atoms with Gasteiger partial charge in [0.25, 0.3) is 0 Å². The average Bonchev–Trinajstić information content (AvgIpc) is 3.00. The Bertz CT molecular complexity index is 756. The molecule has 1 heterocycles. The normalized spacial score (nSPS) is 12.3. The molecular weight excluding hydrogens is 304 g/mol. The first kappa shape index (κ1) is 16.1. The summed E-state index contributed by atoms with van der Waals surface area (Å²) in [5, 5.41) is 3.21. The minimum absolute atomic E-state index is 0.0900. The van der Waals surface area contributed by atoms with Gasteiger partial charge < -0.3 is 14.8 Å². The number of amidine groups is 1. The molecule has 124 valence electrons. The molecular formula is C19H20N2O3. The lowest BCUT2D eigenvalue weighted by molar-refractivity contribution is -0.145. The SMILES string of the molecule is Cc1cccc(OCC(=O)OCCNC2=NCc3ccccc32)c1. The number of carbonyl (C=O) groups is 1. The molecule has 24 heavy (non-hydrogen) atoms. The van der Waals surface area contributed by atoms with Crippen molar-refractivity contribution in [3.8, 4) is 5.75 Å². The Labute approximate surface area is 141 Å². The molecule has 0 radical (unpaired) electrons. The van der Waals surface area contributed by atoms with Crippen molar-refractivity contribution in [2.24, 2.45) is 4.99 Å². The number of nitrogens with zero attached hydrogens (tertiary/aromatic N) is 1. The maximum absolute atomic E-state index is 11.7. The smallest absolute Gasteiger partial charge is 0.344 e. The molecule has 5 nitrogen and oxygen atoms in total. The van der Waals surface area contributed by atoms with Gasteiger partial charge in [-0.1, -0.05) is 36.4 Å². The van der Waals surface area contributed by atoms with Gasteiger partial charge >= 0.3 is 5.97 Å². The quantitative estimate of drug-likeness (QED) is 0.655. The molecule has 0 fully saturated rings. The molecule has 0 spiro atoms. The fourth-order valence-corrected chi connectivity index (χ4v) is 2.51. The van der Waals surface area contributed by atoms with Gasteiger partial charge in [-0.15, -0.1) is 0 Å². The Kier molecular flexibility index (Phi) is 5.11. The average molecular weight is 324 g/mol. The highest BCUT2D eigenvalue weighted by Crippen LogP contribution is 2.16. The highest BCUT2D eigenvalue weighted by Gasteiger charge is 2.14. The van der Waals surface area contributed by atoms with Crippen LogP contribution in [0.25, 0.3) is 0 Å². The Morgan fingerprint density at radius 1 is 1.21 bits per heavy atom. The van der Waals surface area contributed by atoms with Crippen molar-refractivity contribution < 1.29 is 14.3 Å². The van der Waals surface area contributed by atoms with Crippen molar-refractivity contribution in [1.29, 1.82) is 0 Å². The minimum Gasteiger partial charge on any atom is -0.482 e. The molecule has 1 aliphatic rings. The highest BCUT2D eigenvalue weighted by atomic mass is 16.6. The Morgan fingerprint density at radius 2 is 2.08 bits per heavy atom. The lowest BCUT2D eigenvalue weighted by Gasteiger charge is -2.09. The summed E-state index contributed by atoms with van der Waals surface area (Å²) in [6.45, 7) is 3.37. The van der Waals surface area contributed by atoms with Crippen LogP contribution in [0.5, 0.6) is 5.75 Å². The van der Waals surface area contributed by atoms with E-state index in [0.717, 1.165) is 17.0 Å². The number of esters is 1. The first-order valence-corrected chi connectivity index (χ1v) is 7.94. The maximum Gasteiger partial charge on any atom is 0.344 e. The predicted molar refractivity (Wildman–Crippen MR) is 92.3 cm³/mol. The van der Waals surface area contributed by atoms with Crippen LogP contribution in [0.15, 0.2) is 53.5 Å². The Hall–Kier alpha value is -2.82. The van der Waals surface area contributed by atoms with E-state index in [1.165, 1.54) is 5.56 Å². The van der Waals surface area contributed by atoms with E-state index >= 15 is 0 Å². The standard InChI is InChI=1S/C19H20N2O3/c1-14-5-4-7-16(11-14)24-13-18(22)23-10-9-20-19-17-8-3-2-6-15(17)12-21-19/h2-8,11H,9-10,12-13H2,1H3,(H,20,21). The number of benzene rings is 2. The number of rotatable bonds is 6. The third-order valence-corrected chi connectivity index (χ3v) is 3.68. The molecule has 3 rings (SSSR count). The summed E-state index contributed by atoms with van der Waals surface area (Å²) in [6, 6.07) is 15.7. The molecule has 2 aromatic carbocycles. The third kappa shape index (κ3) is 4.13. The molecule has 0 amide bonds. The zero-order valence-corrected chi connectivity index (χ0v) is 13.6. The van der Waals surface area contributed by atoms with Crippen LogP contribution in [0.3, 0.4) is 0 Å². The van der Waals surface area contributed by atoms with Gasteiger partial charge in [0, 0.05) is 5.56 Å². The van der Waals surface area contributed by atoms with Crippen LogP contribution in [-0.4, -0.2) is 31.6 Å². The van der Waals surface area contributed by atoms with E-state index in [0.29, 0.717) is 18.8 Å². The molecule has 1 aliphatic heterocycles.